The van der Waals surface area contributed by atoms with E-state index in [9.17, 15) is 0 Å². The number of fused-ring (bicyclic) bond motifs is 1. The predicted octanol–water partition coefficient (Wildman–Crippen LogP) is 4.00. The molecule has 1 saturated heterocycles. The molecule has 174 valence electrons. The number of likely N-dealkylation sites (tertiary alicyclic amines) is 1. The van der Waals surface area contributed by atoms with Gasteiger partial charge in [0.25, 0.3) is 0 Å². The largest absolute Gasteiger partial charge is 0.497 e. The van der Waals surface area contributed by atoms with Crippen molar-refractivity contribution < 1.29 is 9.47 Å². The van der Waals surface area contributed by atoms with Crippen LogP contribution in [0.15, 0.2) is 24.5 Å². The number of methoxy groups -OCH3 is 2. The van der Waals surface area contributed by atoms with Crippen LogP contribution >= 0.6 is 0 Å². The lowest BCUT2D eigenvalue weighted by Crippen LogP contribution is -2.17. The average Bonchev–Trinajstić information content (AvgIpc) is 3.37. The van der Waals surface area contributed by atoms with Gasteiger partial charge < -0.3 is 20.1 Å². The van der Waals surface area contributed by atoms with Gasteiger partial charge in [-0.05, 0) is 31.5 Å². The number of nitrogens with two attached hydrogens (primary N) is 1. The molecule has 3 aromatic rings. The Morgan fingerprint density at radius 2 is 1.69 bits per heavy atom. The normalized spacial score (nSPS) is 14.8. The minimum absolute atomic E-state index is 0. The summed E-state index contributed by atoms with van der Waals surface area (Å²) in [6.45, 7) is 5.94. The first-order valence-corrected chi connectivity index (χ1v) is 10.0. The van der Waals surface area contributed by atoms with Crippen LogP contribution < -0.4 is 15.2 Å². The van der Waals surface area contributed by atoms with Gasteiger partial charge in [0.1, 0.15) is 29.3 Å². The Bertz CT molecular complexity index is 1060. The van der Waals surface area contributed by atoms with E-state index < -0.39 is 0 Å². The zero-order valence-electron chi connectivity index (χ0n) is 18.1. The van der Waals surface area contributed by atoms with Crippen molar-refractivity contribution >= 4 is 16.9 Å². The smallest absolute Gasteiger partial charge is 0.164 e. The molecule has 3 heterocycles. The number of likely N-dealkylation sites (N-methyl/N-ethyl adjacent to an activating group) is 1. The van der Waals surface area contributed by atoms with Crippen molar-refractivity contribution in [1.82, 2.24) is 24.6 Å². The Morgan fingerprint density at radius 1 is 1.03 bits per heavy atom. The fourth-order valence-corrected chi connectivity index (χ4v) is 3.46. The second-order valence-corrected chi connectivity index (χ2v) is 6.81. The first kappa shape index (κ1) is 26.7. The van der Waals surface area contributed by atoms with Crippen LogP contribution in [0.1, 0.15) is 52.4 Å². The topological polar surface area (TPSA) is 91.3 Å². The van der Waals surface area contributed by atoms with Crippen LogP contribution in [0.4, 0.5) is 5.82 Å². The van der Waals surface area contributed by atoms with Crippen LogP contribution in [0.3, 0.4) is 0 Å². The number of rotatable bonds is 3. The average molecular weight is 441 g/mol. The molecule has 0 spiro atoms. The Labute approximate surface area is 191 Å². The van der Waals surface area contributed by atoms with Gasteiger partial charge in [-0.3, -0.25) is 0 Å². The second-order valence-electron chi connectivity index (χ2n) is 6.81. The fraction of sp³-hybridized carbons (Fsp3) is 0.458. The molecule has 0 unspecified atom stereocenters. The standard InChI is InChI=1S/C20H22N6O2.C2H6.2CH4/c1-25-7-6-14(11-25)26-20-18(19(21)22-12-23-20)17(24-26)5-4-13-8-15(27-2)10-16(9-13)28-3;1-2;;/h8-10,12,14H,6-7,11H2,1-3H3,(H2,21,22,23);1-2H3;2*1H4/t14-;;;/m0.../s1. The summed E-state index contributed by atoms with van der Waals surface area (Å²) in [7, 11) is 5.32. The SMILES string of the molecule is C.C.CC.COc1cc(C#Cc2nn([C@H]3CCN(C)C3)c3ncnc(N)c23)cc(OC)c1. The van der Waals surface area contributed by atoms with Gasteiger partial charge in [-0.15, -0.1) is 0 Å². The number of aromatic nitrogens is 4. The highest BCUT2D eigenvalue weighted by Crippen LogP contribution is 2.28. The van der Waals surface area contributed by atoms with Gasteiger partial charge in [-0.2, -0.15) is 5.10 Å². The van der Waals surface area contributed by atoms with E-state index in [2.05, 4.69) is 33.8 Å². The molecule has 4 rings (SSSR count). The van der Waals surface area contributed by atoms with E-state index in [0.717, 1.165) is 30.7 Å². The van der Waals surface area contributed by atoms with Gasteiger partial charge >= 0.3 is 0 Å². The lowest BCUT2D eigenvalue weighted by atomic mass is 10.2. The molecule has 1 aromatic carbocycles. The summed E-state index contributed by atoms with van der Waals surface area (Å²) in [5.74, 6) is 8.01. The van der Waals surface area contributed by atoms with Gasteiger partial charge in [0, 0.05) is 24.7 Å². The second kappa shape index (κ2) is 11.9. The van der Waals surface area contributed by atoms with Crippen LogP contribution in [-0.4, -0.2) is 59.0 Å². The molecule has 1 atom stereocenters. The number of nitrogens with zero attached hydrogens (tertiary/aromatic N) is 5. The van der Waals surface area contributed by atoms with E-state index in [1.54, 1.807) is 20.3 Å². The Balaban J connectivity index is 0.00000125. The van der Waals surface area contributed by atoms with E-state index in [1.807, 2.05) is 30.7 Å². The Hall–Kier alpha value is -3.31. The molecular formula is C24H36N6O2. The number of anilines is 1. The van der Waals surface area contributed by atoms with E-state index in [4.69, 9.17) is 20.3 Å². The molecule has 0 aliphatic carbocycles. The third-order valence-corrected chi connectivity index (χ3v) is 4.91. The number of hydrogen-bond acceptors (Lipinski definition) is 7. The molecule has 1 aliphatic rings. The fourth-order valence-electron chi connectivity index (χ4n) is 3.46. The summed E-state index contributed by atoms with van der Waals surface area (Å²) in [6.07, 6.45) is 2.48. The molecule has 0 bridgehead atoms. The van der Waals surface area contributed by atoms with E-state index in [1.165, 1.54) is 6.33 Å². The Morgan fingerprint density at radius 3 is 2.25 bits per heavy atom. The first-order chi connectivity index (χ1) is 14.6. The summed E-state index contributed by atoms with van der Waals surface area (Å²) in [6, 6.07) is 5.74. The molecule has 0 radical (unpaired) electrons. The molecule has 1 fully saturated rings. The summed E-state index contributed by atoms with van der Waals surface area (Å²) in [5, 5.41) is 5.43. The molecular weight excluding hydrogens is 404 g/mol. The van der Waals surface area contributed by atoms with E-state index >= 15 is 0 Å². The van der Waals surface area contributed by atoms with Crippen molar-refractivity contribution in [2.45, 2.75) is 41.2 Å². The number of hydrogen-bond donors (Lipinski definition) is 1. The van der Waals surface area contributed by atoms with Crippen molar-refractivity contribution in [3.63, 3.8) is 0 Å². The molecule has 32 heavy (non-hydrogen) atoms. The maximum atomic E-state index is 6.13. The highest BCUT2D eigenvalue weighted by molar-refractivity contribution is 5.90. The minimum atomic E-state index is 0. The summed E-state index contributed by atoms with van der Waals surface area (Å²) in [5.41, 5.74) is 8.19. The van der Waals surface area contributed by atoms with Crippen LogP contribution in [-0.2, 0) is 0 Å². The van der Waals surface area contributed by atoms with Crippen molar-refractivity contribution in [1.29, 1.82) is 0 Å². The van der Waals surface area contributed by atoms with Crippen molar-refractivity contribution in [3.8, 4) is 23.3 Å². The number of ether oxygens (including phenoxy) is 2. The van der Waals surface area contributed by atoms with Crippen molar-refractivity contribution in [3.05, 3.63) is 35.8 Å². The molecule has 0 saturated carbocycles. The quantitative estimate of drug-likeness (QED) is 0.616. The third-order valence-electron chi connectivity index (χ3n) is 4.91. The molecule has 8 nitrogen and oxygen atoms in total. The molecule has 8 heteroatoms. The summed E-state index contributed by atoms with van der Waals surface area (Å²) in [4.78, 5) is 10.8. The van der Waals surface area contributed by atoms with Crippen LogP contribution in [0.5, 0.6) is 11.5 Å². The van der Waals surface area contributed by atoms with Gasteiger partial charge in [-0.25, -0.2) is 14.6 Å². The van der Waals surface area contributed by atoms with Gasteiger partial charge in [0.15, 0.2) is 5.65 Å². The predicted molar refractivity (Wildman–Crippen MR) is 131 cm³/mol. The number of nitrogen functional groups attached to an aromatic ring is 1. The molecule has 2 aromatic heterocycles. The maximum absolute atomic E-state index is 6.13. The first-order valence-electron chi connectivity index (χ1n) is 10.0. The van der Waals surface area contributed by atoms with Gasteiger partial charge in [0.2, 0.25) is 0 Å². The molecule has 1 aliphatic heterocycles. The lowest BCUT2D eigenvalue weighted by Gasteiger charge is -2.11. The van der Waals surface area contributed by atoms with Crippen molar-refractivity contribution in [2.75, 3.05) is 40.1 Å². The van der Waals surface area contributed by atoms with Crippen molar-refractivity contribution in [2.24, 2.45) is 0 Å². The number of benzene rings is 1. The highest BCUT2D eigenvalue weighted by Gasteiger charge is 2.26. The highest BCUT2D eigenvalue weighted by atomic mass is 16.5. The van der Waals surface area contributed by atoms with Crippen LogP contribution in [0, 0.1) is 11.8 Å². The summed E-state index contributed by atoms with van der Waals surface area (Å²) < 4.78 is 12.6. The van der Waals surface area contributed by atoms with E-state index in [-0.39, 0.29) is 20.9 Å². The third kappa shape index (κ3) is 5.48. The monoisotopic (exact) mass is 440 g/mol. The summed E-state index contributed by atoms with van der Waals surface area (Å²) >= 11 is 0. The Kier molecular flexibility index (Phi) is 9.95. The van der Waals surface area contributed by atoms with Gasteiger partial charge in [0.05, 0.1) is 25.6 Å². The van der Waals surface area contributed by atoms with Crippen LogP contribution in [0.2, 0.25) is 0 Å². The van der Waals surface area contributed by atoms with E-state index in [0.29, 0.717) is 28.4 Å². The molecule has 0 amide bonds. The van der Waals surface area contributed by atoms with Crippen LogP contribution in [0.25, 0.3) is 11.0 Å². The van der Waals surface area contributed by atoms with Gasteiger partial charge in [-0.1, -0.05) is 34.6 Å². The molecule has 2 N–H and O–H groups in total. The lowest BCUT2D eigenvalue weighted by molar-refractivity contribution is 0.385. The maximum Gasteiger partial charge on any atom is 0.164 e. The zero-order valence-corrected chi connectivity index (χ0v) is 18.1. The zero-order chi connectivity index (χ0) is 21.7. The minimum Gasteiger partial charge on any atom is -0.497 e.